The lowest BCUT2D eigenvalue weighted by Gasteiger charge is -2.26. The Morgan fingerprint density at radius 3 is 2.52 bits per heavy atom. The zero-order valence-corrected chi connectivity index (χ0v) is 20.2. The second kappa shape index (κ2) is 10.2. The first kappa shape index (κ1) is 25.8. The van der Waals surface area contributed by atoms with Crippen molar-refractivity contribution in [2.45, 2.75) is 31.9 Å². The molecule has 0 bridgehead atoms. The molecule has 2 atom stereocenters. The van der Waals surface area contributed by atoms with E-state index in [4.69, 9.17) is 28.5 Å². The molecule has 0 saturated carbocycles. The molecular weight excluding hydrogens is 496 g/mol. The van der Waals surface area contributed by atoms with Crippen LogP contribution in [0.2, 0.25) is 10.0 Å². The van der Waals surface area contributed by atoms with E-state index in [0.717, 1.165) is 17.9 Å². The van der Waals surface area contributed by atoms with Crippen LogP contribution in [0.4, 0.5) is 13.2 Å². The minimum atomic E-state index is -4.51. The van der Waals surface area contributed by atoms with Crippen LogP contribution in [0.5, 0.6) is 0 Å². The lowest BCUT2D eigenvalue weighted by molar-refractivity contribution is -0.138. The van der Waals surface area contributed by atoms with Crippen molar-refractivity contribution in [2.75, 3.05) is 19.3 Å². The number of alkyl halides is 3. The van der Waals surface area contributed by atoms with Gasteiger partial charge in [0, 0.05) is 18.1 Å². The number of benzene rings is 2. The number of nitriles is 1. The Labute approximate surface area is 202 Å². The summed E-state index contributed by atoms with van der Waals surface area (Å²) in [5.41, 5.74) is 0.598. The summed E-state index contributed by atoms with van der Waals surface area (Å²) in [5.74, 6) is -0.292. The van der Waals surface area contributed by atoms with Gasteiger partial charge in [-0.25, -0.2) is 12.7 Å². The number of nitrogens with zero attached hydrogens (tertiary/aromatic N) is 2. The minimum absolute atomic E-state index is 0.0892. The molecule has 10 heteroatoms. The van der Waals surface area contributed by atoms with Gasteiger partial charge in [-0.1, -0.05) is 29.3 Å². The van der Waals surface area contributed by atoms with Crippen molar-refractivity contribution in [3.8, 4) is 6.07 Å². The lowest BCUT2D eigenvalue weighted by Crippen LogP contribution is -2.29. The average molecular weight is 519 g/mol. The molecule has 2 aromatic carbocycles. The highest BCUT2D eigenvalue weighted by Gasteiger charge is 2.37. The number of halogens is 5. The summed E-state index contributed by atoms with van der Waals surface area (Å²) >= 11 is 12.1. The van der Waals surface area contributed by atoms with E-state index in [9.17, 15) is 21.6 Å². The summed E-state index contributed by atoms with van der Waals surface area (Å²) in [5, 5.41) is 9.59. The van der Waals surface area contributed by atoms with Crippen LogP contribution in [-0.4, -0.2) is 32.1 Å². The lowest BCUT2D eigenvalue weighted by atomic mass is 9.81. The number of hydrogen-bond donors (Lipinski definition) is 0. The van der Waals surface area contributed by atoms with Crippen LogP contribution in [0.3, 0.4) is 0 Å². The molecule has 1 heterocycles. The summed E-state index contributed by atoms with van der Waals surface area (Å²) in [4.78, 5) is 0. The van der Waals surface area contributed by atoms with Crippen LogP contribution in [0.1, 0.15) is 35.1 Å². The van der Waals surface area contributed by atoms with E-state index in [0.29, 0.717) is 36.4 Å². The molecular formula is C23H23Cl2F3N2O2S. The highest BCUT2D eigenvalue weighted by Crippen LogP contribution is 2.38. The summed E-state index contributed by atoms with van der Waals surface area (Å²) in [6.07, 6.45) is -1.60. The van der Waals surface area contributed by atoms with Crippen molar-refractivity contribution < 1.29 is 21.6 Å². The molecule has 0 spiro atoms. The molecule has 1 saturated heterocycles. The quantitative estimate of drug-likeness (QED) is 0.454. The smallest absolute Gasteiger partial charge is 0.213 e. The topological polar surface area (TPSA) is 61.2 Å². The Hall–Kier alpha value is -1.79. The van der Waals surface area contributed by atoms with Crippen molar-refractivity contribution in [3.63, 3.8) is 0 Å². The van der Waals surface area contributed by atoms with Crippen LogP contribution >= 0.6 is 23.2 Å². The van der Waals surface area contributed by atoms with E-state index in [1.54, 1.807) is 18.2 Å². The number of hydrogen-bond acceptors (Lipinski definition) is 3. The van der Waals surface area contributed by atoms with Crippen LogP contribution in [0.25, 0.3) is 0 Å². The van der Waals surface area contributed by atoms with Gasteiger partial charge in [-0.3, -0.25) is 0 Å². The fraction of sp³-hybridized carbons (Fsp3) is 0.435. The van der Waals surface area contributed by atoms with Crippen molar-refractivity contribution in [1.82, 2.24) is 4.31 Å². The van der Waals surface area contributed by atoms with Gasteiger partial charge in [0.25, 0.3) is 0 Å². The summed E-state index contributed by atoms with van der Waals surface area (Å²) < 4.78 is 66.2. The van der Waals surface area contributed by atoms with Gasteiger partial charge in [-0.15, -0.1) is 0 Å². The van der Waals surface area contributed by atoms with Gasteiger partial charge in [0.2, 0.25) is 10.0 Å². The molecule has 1 unspecified atom stereocenters. The molecule has 2 aromatic rings. The maximum atomic E-state index is 13.6. The van der Waals surface area contributed by atoms with Crippen molar-refractivity contribution in [1.29, 1.82) is 5.26 Å². The van der Waals surface area contributed by atoms with E-state index < -0.39 is 21.8 Å². The van der Waals surface area contributed by atoms with Crippen LogP contribution in [0, 0.1) is 23.2 Å². The first-order valence-electron chi connectivity index (χ1n) is 10.4. The SMILES string of the molecule is CS(=O)(=O)N1CCC([C@@H](CCc2ccc(C#N)c(Cl)c2)Cc2cc(Cl)ccc2C(F)(F)F)C1. The number of aryl methyl sites for hydroxylation is 1. The molecule has 1 fully saturated rings. The maximum absolute atomic E-state index is 13.6. The van der Waals surface area contributed by atoms with E-state index in [2.05, 4.69) is 0 Å². The Morgan fingerprint density at radius 1 is 1.21 bits per heavy atom. The van der Waals surface area contributed by atoms with Crippen molar-refractivity contribution >= 4 is 33.2 Å². The first-order valence-corrected chi connectivity index (χ1v) is 13.0. The molecule has 0 amide bonds. The zero-order valence-electron chi connectivity index (χ0n) is 17.9. The predicted octanol–water partition coefficient (Wildman–Crippen LogP) is 5.96. The third-order valence-electron chi connectivity index (χ3n) is 6.14. The maximum Gasteiger partial charge on any atom is 0.416 e. The van der Waals surface area contributed by atoms with Gasteiger partial charge in [-0.05, 0) is 79.0 Å². The van der Waals surface area contributed by atoms with Crippen molar-refractivity contribution in [3.05, 3.63) is 68.7 Å². The van der Waals surface area contributed by atoms with Gasteiger partial charge in [-0.2, -0.15) is 18.4 Å². The Kier molecular flexibility index (Phi) is 8.00. The molecule has 1 aliphatic rings. The van der Waals surface area contributed by atoms with Crippen LogP contribution in [0.15, 0.2) is 36.4 Å². The number of rotatable bonds is 7. The fourth-order valence-corrected chi connectivity index (χ4v) is 5.73. The molecule has 1 aliphatic heterocycles. The van der Waals surface area contributed by atoms with E-state index in [1.807, 2.05) is 6.07 Å². The third-order valence-corrected chi connectivity index (χ3v) is 7.95. The van der Waals surface area contributed by atoms with Crippen molar-refractivity contribution in [2.24, 2.45) is 11.8 Å². The Bertz CT molecular complexity index is 1160. The molecule has 0 N–H and O–H groups in total. The largest absolute Gasteiger partial charge is 0.416 e. The van der Waals surface area contributed by atoms with Gasteiger partial charge in [0.15, 0.2) is 0 Å². The third kappa shape index (κ3) is 6.63. The molecule has 178 valence electrons. The molecule has 0 aliphatic carbocycles. The monoisotopic (exact) mass is 518 g/mol. The molecule has 0 radical (unpaired) electrons. The zero-order chi connectivity index (χ0) is 24.4. The highest BCUT2D eigenvalue weighted by atomic mass is 35.5. The van der Waals surface area contributed by atoms with Gasteiger partial charge in [0.1, 0.15) is 6.07 Å². The fourth-order valence-electron chi connectivity index (χ4n) is 4.39. The molecule has 33 heavy (non-hydrogen) atoms. The second-order valence-electron chi connectivity index (χ2n) is 8.40. The summed E-state index contributed by atoms with van der Waals surface area (Å²) in [6.45, 7) is 0.629. The normalized spacial score (nSPS) is 18.3. The predicted molar refractivity (Wildman–Crippen MR) is 123 cm³/mol. The summed E-state index contributed by atoms with van der Waals surface area (Å²) in [6, 6.07) is 10.6. The number of sulfonamides is 1. The van der Waals surface area contributed by atoms with Gasteiger partial charge >= 0.3 is 6.18 Å². The van der Waals surface area contributed by atoms with E-state index in [-0.39, 0.29) is 35.4 Å². The Morgan fingerprint density at radius 2 is 1.94 bits per heavy atom. The molecule has 4 nitrogen and oxygen atoms in total. The Balaban J connectivity index is 1.88. The molecule has 3 rings (SSSR count). The van der Waals surface area contributed by atoms with Gasteiger partial charge < -0.3 is 0 Å². The summed E-state index contributed by atoms with van der Waals surface area (Å²) in [7, 11) is -3.38. The first-order chi connectivity index (χ1) is 15.4. The van der Waals surface area contributed by atoms with Crippen LogP contribution in [-0.2, 0) is 29.0 Å². The minimum Gasteiger partial charge on any atom is -0.213 e. The second-order valence-corrected chi connectivity index (χ2v) is 11.2. The average Bonchev–Trinajstić information content (AvgIpc) is 3.21. The van der Waals surface area contributed by atoms with E-state index >= 15 is 0 Å². The molecule has 0 aromatic heterocycles. The highest BCUT2D eigenvalue weighted by molar-refractivity contribution is 7.88. The van der Waals surface area contributed by atoms with Crippen LogP contribution < -0.4 is 0 Å². The van der Waals surface area contributed by atoms with Gasteiger partial charge in [0.05, 0.1) is 22.4 Å². The standard InChI is InChI=1S/C23H23Cl2F3N2O2S/c1-33(31,32)30-9-8-18(14-30)16(4-2-15-3-5-17(13-29)22(25)10-15)11-19-12-20(24)6-7-21(19)23(26,27)28/h3,5-7,10,12,16,18H,2,4,8-9,11,14H2,1H3/t16-,18?/m0/s1. The van der Waals surface area contributed by atoms with E-state index in [1.165, 1.54) is 16.4 Å².